The van der Waals surface area contributed by atoms with Crippen molar-refractivity contribution in [1.82, 2.24) is 14.5 Å². The zero-order chi connectivity index (χ0) is 17.8. The van der Waals surface area contributed by atoms with Gasteiger partial charge in [-0.1, -0.05) is 32.9 Å². The lowest BCUT2D eigenvalue weighted by atomic mass is 10.1. The standard InChI is InChI=1S/C21H23N3O/c1-4-15-7-11-18(12-8-15)24-14-19(20(25)6-3)23-21(24)16-9-10-17(5-2)22-13-16/h7-14H,4-6H2,1-3H3. The lowest BCUT2D eigenvalue weighted by Gasteiger charge is -2.09. The van der Waals surface area contributed by atoms with E-state index in [1.807, 2.05) is 36.0 Å². The van der Waals surface area contributed by atoms with Gasteiger partial charge in [-0.05, 0) is 42.7 Å². The maximum absolute atomic E-state index is 12.2. The molecule has 0 saturated carbocycles. The van der Waals surface area contributed by atoms with E-state index >= 15 is 0 Å². The molecule has 0 N–H and O–H groups in total. The van der Waals surface area contributed by atoms with Crippen molar-refractivity contribution in [3.8, 4) is 17.1 Å². The first kappa shape index (κ1) is 17.1. The van der Waals surface area contributed by atoms with E-state index < -0.39 is 0 Å². The fraction of sp³-hybridized carbons (Fsp3) is 0.286. The Kier molecular flexibility index (Phi) is 5.08. The molecule has 25 heavy (non-hydrogen) atoms. The molecule has 3 aromatic rings. The Hall–Kier alpha value is -2.75. The van der Waals surface area contributed by atoms with Gasteiger partial charge in [0, 0.05) is 35.8 Å². The van der Waals surface area contributed by atoms with E-state index in [9.17, 15) is 4.79 Å². The van der Waals surface area contributed by atoms with E-state index in [0.29, 0.717) is 12.1 Å². The number of nitrogens with zero attached hydrogens (tertiary/aromatic N) is 3. The van der Waals surface area contributed by atoms with Crippen molar-refractivity contribution in [1.29, 1.82) is 0 Å². The van der Waals surface area contributed by atoms with Crippen LogP contribution in [0.3, 0.4) is 0 Å². The third-order valence-electron chi connectivity index (χ3n) is 4.38. The Bertz CT molecular complexity index is 796. The van der Waals surface area contributed by atoms with E-state index in [1.54, 1.807) is 0 Å². The van der Waals surface area contributed by atoms with Crippen LogP contribution in [-0.4, -0.2) is 20.3 Å². The van der Waals surface area contributed by atoms with E-state index in [4.69, 9.17) is 0 Å². The molecule has 0 aliphatic heterocycles. The molecule has 0 radical (unpaired) electrons. The number of aromatic nitrogens is 3. The second kappa shape index (κ2) is 7.43. The summed E-state index contributed by atoms with van der Waals surface area (Å²) in [7, 11) is 0. The van der Waals surface area contributed by atoms with Gasteiger partial charge in [-0.15, -0.1) is 0 Å². The van der Waals surface area contributed by atoms with Crippen LogP contribution in [0, 0.1) is 0 Å². The van der Waals surface area contributed by atoms with Crippen molar-refractivity contribution in [3.05, 3.63) is 65.7 Å². The highest BCUT2D eigenvalue weighted by Crippen LogP contribution is 2.24. The number of pyridine rings is 1. The number of carbonyl (C=O) groups is 1. The molecule has 0 spiro atoms. The smallest absolute Gasteiger partial charge is 0.182 e. The third kappa shape index (κ3) is 3.53. The monoisotopic (exact) mass is 333 g/mol. The normalized spacial score (nSPS) is 10.8. The summed E-state index contributed by atoms with van der Waals surface area (Å²) in [6.45, 7) is 6.07. The number of rotatable bonds is 6. The van der Waals surface area contributed by atoms with Crippen LogP contribution in [0.25, 0.3) is 17.1 Å². The summed E-state index contributed by atoms with van der Waals surface area (Å²) in [4.78, 5) is 21.2. The first-order valence-electron chi connectivity index (χ1n) is 8.83. The molecular weight excluding hydrogens is 310 g/mol. The highest BCUT2D eigenvalue weighted by atomic mass is 16.1. The van der Waals surface area contributed by atoms with Crippen LogP contribution in [-0.2, 0) is 12.8 Å². The Morgan fingerprint density at radius 1 is 1.00 bits per heavy atom. The van der Waals surface area contributed by atoms with Gasteiger partial charge in [-0.2, -0.15) is 0 Å². The maximum Gasteiger partial charge on any atom is 0.182 e. The van der Waals surface area contributed by atoms with Crippen LogP contribution in [0.15, 0.2) is 48.8 Å². The molecule has 0 atom stereocenters. The number of imidazole rings is 1. The van der Waals surface area contributed by atoms with Gasteiger partial charge < -0.3 is 0 Å². The van der Waals surface area contributed by atoms with E-state index in [-0.39, 0.29) is 5.78 Å². The van der Waals surface area contributed by atoms with Crippen molar-refractivity contribution in [3.63, 3.8) is 0 Å². The van der Waals surface area contributed by atoms with Crippen LogP contribution in [0.5, 0.6) is 0 Å². The SMILES string of the molecule is CCC(=O)c1cn(-c2ccc(CC)cc2)c(-c2ccc(CC)nc2)n1. The van der Waals surface area contributed by atoms with Crippen molar-refractivity contribution in [2.75, 3.05) is 0 Å². The van der Waals surface area contributed by atoms with Crippen LogP contribution in [0.1, 0.15) is 48.9 Å². The van der Waals surface area contributed by atoms with E-state index in [2.05, 4.69) is 48.1 Å². The Balaban J connectivity index is 2.10. The lowest BCUT2D eigenvalue weighted by molar-refractivity contribution is 0.0984. The predicted molar refractivity (Wildman–Crippen MR) is 100 cm³/mol. The van der Waals surface area contributed by atoms with Gasteiger partial charge in [0.15, 0.2) is 5.78 Å². The molecule has 0 aliphatic rings. The molecule has 3 rings (SSSR count). The first-order chi connectivity index (χ1) is 12.2. The Labute approximate surface area is 148 Å². The molecule has 4 nitrogen and oxygen atoms in total. The van der Waals surface area contributed by atoms with Crippen molar-refractivity contribution >= 4 is 5.78 Å². The van der Waals surface area contributed by atoms with Crippen molar-refractivity contribution in [2.24, 2.45) is 0 Å². The molecule has 0 bridgehead atoms. The summed E-state index contributed by atoms with van der Waals surface area (Å²) >= 11 is 0. The van der Waals surface area contributed by atoms with Gasteiger partial charge in [0.1, 0.15) is 11.5 Å². The summed E-state index contributed by atoms with van der Waals surface area (Å²) in [5.74, 6) is 0.791. The number of benzene rings is 1. The molecule has 1 aromatic carbocycles. The van der Waals surface area contributed by atoms with Gasteiger partial charge in [0.05, 0.1) is 0 Å². The molecule has 4 heteroatoms. The van der Waals surface area contributed by atoms with Gasteiger partial charge in [0.25, 0.3) is 0 Å². The molecular formula is C21H23N3O. The maximum atomic E-state index is 12.2. The molecule has 2 heterocycles. The minimum atomic E-state index is 0.0447. The molecule has 0 unspecified atom stereocenters. The zero-order valence-electron chi connectivity index (χ0n) is 15.0. The second-order valence-corrected chi connectivity index (χ2v) is 6.01. The fourth-order valence-electron chi connectivity index (χ4n) is 2.75. The average molecular weight is 333 g/mol. The van der Waals surface area contributed by atoms with Crippen molar-refractivity contribution in [2.45, 2.75) is 40.0 Å². The highest BCUT2D eigenvalue weighted by Gasteiger charge is 2.16. The van der Waals surface area contributed by atoms with Gasteiger partial charge in [-0.3, -0.25) is 14.3 Å². The molecule has 0 amide bonds. The third-order valence-corrected chi connectivity index (χ3v) is 4.38. The minimum absolute atomic E-state index is 0.0447. The summed E-state index contributed by atoms with van der Waals surface area (Å²) in [5.41, 5.74) is 4.72. The minimum Gasteiger partial charge on any atom is -0.299 e. The molecule has 0 aliphatic carbocycles. The van der Waals surface area contributed by atoms with Gasteiger partial charge in [-0.25, -0.2) is 4.98 Å². The number of hydrogen-bond donors (Lipinski definition) is 0. The predicted octanol–water partition coefficient (Wildman–Crippen LogP) is 4.65. The van der Waals surface area contributed by atoms with Gasteiger partial charge >= 0.3 is 0 Å². The summed E-state index contributed by atoms with van der Waals surface area (Å²) < 4.78 is 1.98. The van der Waals surface area contributed by atoms with Gasteiger partial charge in [0.2, 0.25) is 0 Å². The van der Waals surface area contributed by atoms with Crippen LogP contribution in [0.2, 0.25) is 0 Å². The molecule has 0 fully saturated rings. The summed E-state index contributed by atoms with van der Waals surface area (Å²) in [6.07, 6.45) is 6.00. The summed E-state index contributed by atoms with van der Waals surface area (Å²) in [5, 5.41) is 0. The topological polar surface area (TPSA) is 47.8 Å². The molecule has 2 aromatic heterocycles. The first-order valence-corrected chi connectivity index (χ1v) is 8.83. The van der Waals surface area contributed by atoms with E-state index in [1.165, 1.54) is 5.56 Å². The molecule has 128 valence electrons. The lowest BCUT2D eigenvalue weighted by Crippen LogP contribution is -1.97. The Morgan fingerprint density at radius 2 is 1.76 bits per heavy atom. The van der Waals surface area contributed by atoms with E-state index in [0.717, 1.165) is 35.6 Å². The van der Waals surface area contributed by atoms with Crippen molar-refractivity contribution < 1.29 is 4.79 Å². The fourth-order valence-corrected chi connectivity index (χ4v) is 2.75. The Morgan fingerprint density at radius 3 is 2.32 bits per heavy atom. The molecule has 0 saturated heterocycles. The van der Waals surface area contributed by atoms with Crippen LogP contribution >= 0.6 is 0 Å². The number of aryl methyl sites for hydroxylation is 2. The zero-order valence-corrected chi connectivity index (χ0v) is 15.0. The number of carbonyl (C=O) groups excluding carboxylic acids is 1. The average Bonchev–Trinajstić information content (AvgIpc) is 3.13. The summed E-state index contributed by atoms with van der Waals surface area (Å²) in [6, 6.07) is 12.4. The highest BCUT2D eigenvalue weighted by molar-refractivity contribution is 5.94. The quantitative estimate of drug-likeness (QED) is 0.617. The second-order valence-electron chi connectivity index (χ2n) is 6.01. The number of hydrogen-bond acceptors (Lipinski definition) is 3. The largest absolute Gasteiger partial charge is 0.299 e. The number of ketones is 1. The van der Waals surface area contributed by atoms with Crippen LogP contribution in [0.4, 0.5) is 0 Å². The van der Waals surface area contributed by atoms with Crippen LogP contribution < -0.4 is 0 Å². The number of Topliss-reactive ketones (excluding diaryl/α,β-unsaturated/α-hetero) is 1.